The van der Waals surface area contributed by atoms with E-state index in [1.807, 2.05) is 6.07 Å². The van der Waals surface area contributed by atoms with Crippen LogP contribution in [-0.2, 0) is 40.7 Å². The number of carbonyl (C=O) groups is 2. The number of ether oxygens (including phenoxy) is 2. The number of benzene rings is 1. The molecule has 0 saturated carbocycles. The van der Waals surface area contributed by atoms with E-state index in [0.717, 1.165) is 0 Å². The molecule has 166 valence electrons. The summed E-state index contributed by atoms with van der Waals surface area (Å²) >= 11 is 0. The standard InChI is InChI=1S/C21H29NO7S/c1-5-29-18(23)12-30(26,27)15-20(2,3)13-28-14-21(4,19(24)25)17-8-6-7-16(11-17)9-10-22/h6-8,11H,5,9,12-15H2,1-4H3,(H,24,25). The molecule has 0 heterocycles. The lowest BCUT2D eigenvalue weighted by Gasteiger charge is -2.29. The van der Waals surface area contributed by atoms with Crippen LogP contribution in [0.1, 0.15) is 38.8 Å². The molecule has 0 fully saturated rings. The number of nitriles is 1. The molecule has 30 heavy (non-hydrogen) atoms. The maximum atomic E-state index is 12.2. The fourth-order valence-electron chi connectivity index (χ4n) is 2.99. The van der Waals surface area contributed by atoms with Crippen LogP contribution in [0.3, 0.4) is 0 Å². The van der Waals surface area contributed by atoms with Gasteiger partial charge in [-0.3, -0.25) is 9.59 Å². The first-order valence-electron chi connectivity index (χ1n) is 9.49. The predicted molar refractivity (Wildman–Crippen MR) is 111 cm³/mol. The van der Waals surface area contributed by atoms with E-state index in [1.165, 1.54) is 6.92 Å². The van der Waals surface area contributed by atoms with E-state index >= 15 is 0 Å². The van der Waals surface area contributed by atoms with Crippen molar-refractivity contribution in [1.29, 1.82) is 5.26 Å². The van der Waals surface area contributed by atoms with Gasteiger partial charge in [0.15, 0.2) is 9.84 Å². The third-order valence-electron chi connectivity index (χ3n) is 4.46. The predicted octanol–water partition coefficient (Wildman–Crippen LogP) is 2.12. The first-order valence-corrected chi connectivity index (χ1v) is 11.3. The number of rotatable bonds is 12. The lowest BCUT2D eigenvalue weighted by atomic mass is 9.82. The Labute approximate surface area is 177 Å². The highest BCUT2D eigenvalue weighted by Gasteiger charge is 2.37. The second kappa shape index (κ2) is 10.5. The summed E-state index contributed by atoms with van der Waals surface area (Å²) in [5.41, 5.74) is -1.01. The van der Waals surface area contributed by atoms with Gasteiger partial charge in [0.1, 0.15) is 11.2 Å². The Morgan fingerprint density at radius 2 is 1.87 bits per heavy atom. The monoisotopic (exact) mass is 439 g/mol. The highest BCUT2D eigenvalue weighted by atomic mass is 32.2. The number of sulfone groups is 1. The third kappa shape index (κ3) is 7.76. The summed E-state index contributed by atoms with van der Waals surface area (Å²) < 4.78 is 34.8. The van der Waals surface area contributed by atoms with E-state index < -0.39 is 38.4 Å². The third-order valence-corrected chi connectivity index (χ3v) is 6.35. The second-order valence-electron chi connectivity index (χ2n) is 8.17. The number of aliphatic carboxylic acids is 1. The van der Waals surface area contributed by atoms with Gasteiger partial charge in [0.2, 0.25) is 0 Å². The lowest BCUT2D eigenvalue weighted by Crippen LogP contribution is -2.39. The van der Waals surface area contributed by atoms with Gasteiger partial charge < -0.3 is 14.6 Å². The Kier molecular flexibility index (Phi) is 9.00. The van der Waals surface area contributed by atoms with Crippen molar-refractivity contribution in [3.05, 3.63) is 35.4 Å². The summed E-state index contributed by atoms with van der Waals surface area (Å²) in [7, 11) is -3.71. The van der Waals surface area contributed by atoms with E-state index in [1.54, 1.807) is 45.0 Å². The highest BCUT2D eigenvalue weighted by Crippen LogP contribution is 2.27. The van der Waals surface area contributed by atoms with Crippen molar-refractivity contribution in [1.82, 2.24) is 0 Å². The minimum atomic E-state index is -3.71. The van der Waals surface area contributed by atoms with Crippen molar-refractivity contribution in [3.63, 3.8) is 0 Å². The van der Waals surface area contributed by atoms with Crippen LogP contribution in [0.25, 0.3) is 0 Å². The Balaban J connectivity index is 2.84. The maximum Gasteiger partial charge on any atom is 0.321 e. The largest absolute Gasteiger partial charge is 0.481 e. The molecule has 0 saturated heterocycles. The molecule has 0 aliphatic heterocycles. The van der Waals surface area contributed by atoms with Crippen molar-refractivity contribution in [2.24, 2.45) is 5.41 Å². The second-order valence-corrected chi connectivity index (χ2v) is 10.2. The summed E-state index contributed by atoms with van der Waals surface area (Å²) in [4.78, 5) is 23.4. The number of hydrogen-bond acceptors (Lipinski definition) is 7. The zero-order valence-corrected chi connectivity index (χ0v) is 18.6. The number of esters is 1. The van der Waals surface area contributed by atoms with Crippen molar-refractivity contribution in [2.75, 3.05) is 31.3 Å². The Bertz CT molecular complexity index is 902. The highest BCUT2D eigenvalue weighted by molar-refractivity contribution is 7.92. The normalized spacial score (nSPS) is 13.8. The molecule has 0 spiro atoms. The van der Waals surface area contributed by atoms with Gasteiger partial charge in [-0.2, -0.15) is 5.26 Å². The lowest BCUT2D eigenvalue weighted by molar-refractivity contribution is -0.146. The SMILES string of the molecule is CCOC(=O)CS(=O)(=O)CC(C)(C)COCC(C)(C(=O)O)c1cccc(CC#N)c1. The first kappa shape index (κ1) is 25.6. The summed E-state index contributed by atoms with van der Waals surface area (Å²) in [5.74, 6) is -2.91. The zero-order chi connectivity index (χ0) is 23.0. The van der Waals surface area contributed by atoms with Crippen molar-refractivity contribution in [3.8, 4) is 6.07 Å². The van der Waals surface area contributed by atoms with Crippen molar-refractivity contribution >= 4 is 21.8 Å². The van der Waals surface area contributed by atoms with E-state index in [-0.39, 0.29) is 32.0 Å². The van der Waals surface area contributed by atoms with E-state index in [9.17, 15) is 23.1 Å². The van der Waals surface area contributed by atoms with Gasteiger partial charge in [0.25, 0.3) is 0 Å². The fourth-order valence-corrected chi connectivity index (χ4v) is 4.80. The summed E-state index contributed by atoms with van der Waals surface area (Å²) in [6.45, 7) is 6.35. The Morgan fingerprint density at radius 1 is 1.20 bits per heavy atom. The van der Waals surface area contributed by atoms with Crippen LogP contribution < -0.4 is 0 Å². The molecule has 1 rings (SSSR count). The smallest absolute Gasteiger partial charge is 0.321 e. The number of carbonyl (C=O) groups excluding carboxylic acids is 1. The molecule has 1 N–H and O–H groups in total. The van der Waals surface area contributed by atoms with Crippen LogP contribution in [0, 0.1) is 16.7 Å². The molecule has 1 atom stereocenters. The molecule has 8 nitrogen and oxygen atoms in total. The quantitative estimate of drug-likeness (QED) is 0.490. The van der Waals surface area contributed by atoms with Crippen LogP contribution in [0.15, 0.2) is 24.3 Å². The van der Waals surface area contributed by atoms with Crippen molar-refractivity contribution < 1.29 is 32.6 Å². The number of carboxylic acids is 1. The summed E-state index contributed by atoms with van der Waals surface area (Å²) in [6, 6.07) is 8.78. The number of hydrogen-bond donors (Lipinski definition) is 1. The van der Waals surface area contributed by atoms with Crippen LogP contribution in [0.4, 0.5) is 0 Å². The number of carboxylic acid groups (broad SMARTS) is 1. The molecule has 0 aliphatic carbocycles. The van der Waals surface area contributed by atoms with E-state index in [0.29, 0.717) is 11.1 Å². The van der Waals surface area contributed by atoms with Gasteiger partial charge in [-0.15, -0.1) is 0 Å². The molecule has 0 aromatic heterocycles. The summed E-state index contributed by atoms with van der Waals surface area (Å²) in [5, 5.41) is 18.6. The maximum absolute atomic E-state index is 12.2. The van der Waals surface area contributed by atoms with Crippen LogP contribution in [0.5, 0.6) is 0 Å². The first-order chi connectivity index (χ1) is 13.8. The molecule has 0 aliphatic rings. The molecular formula is C21H29NO7S. The van der Waals surface area contributed by atoms with Gasteiger partial charge in [0.05, 0.1) is 38.1 Å². The van der Waals surface area contributed by atoms with Gasteiger partial charge in [0, 0.05) is 5.41 Å². The van der Waals surface area contributed by atoms with E-state index in [4.69, 9.17) is 10.00 Å². The molecule has 1 aromatic carbocycles. The molecule has 0 amide bonds. The van der Waals surface area contributed by atoms with Crippen LogP contribution >= 0.6 is 0 Å². The van der Waals surface area contributed by atoms with Gasteiger partial charge in [-0.05, 0) is 25.0 Å². The fraction of sp³-hybridized carbons (Fsp3) is 0.571. The topological polar surface area (TPSA) is 131 Å². The number of nitrogens with zero attached hydrogens (tertiary/aromatic N) is 1. The molecule has 0 radical (unpaired) electrons. The molecule has 9 heteroatoms. The van der Waals surface area contributed by atoms with E-state index in [2.05, 4.69) is 4.74 Å². The Morgan fingerprint density at radius 3 is 2.43 bits per heavy atom. The molecule has 1 aromatic rings. The molecule has 1 unspecified atom stereocenters. The minimum Gasteiger partial charge on any atom is -0.481 e. The van der Waals surface area contributed by atoms with Crippen LogP contribution in [-0.4, -0.2) is 56.8 Å². The van der Waals surface area contributed by atoms with Crippen LogP contribution in [0.2, 0.25) is 0 Å². The molecular weight excluding hydrogens is 410 g/mol. The minimum absolute atomic E-state index is 0.0180. The van der Waals surface area contributed by atoms with Gasteiger partial charge >= 0.3 is 11.9 Å². The average Bonchev–Trinajstić information content (AvgIpc) is 2.60. The van der Waals surface area contributed by atoms with Gasteiger partial charge in [-0.25, -0.2) is 8.42 Å². The van der Waals surface area contributed by atoms with Crippen molar-refractivity contribution in [2.45, 2.75) is 39.5 Å². The van der Waals surface area contributed by atoms with Gasteiger partial charge in [-0.1, -0.05) is 38.1 Å². The zero-order valence-electron chi connectivity index (χ0n) is 17.8. The average molecular weight is 440 g/mol. The molecule has 0 bridgehead atoms. The Hall–Kier alpha value is -2.44. The summed E-state index contributed by atoms with van der Waals surface area (Å²) in [6.07, 6.45) is 0.162.